The van der Waals surface area contributed by atoms with E-state index in [0.29, 0.717) is 11.8 Å². The van der Waals surface area contributed by atoms with E-state index >= 15 is 0 Å². The van der Waals surface area contributed by atoms with Gasteiger partial charge in [0.15, 0.2) is 5.82 Å². The summed E-state index contributed by atoms with van der Waals surface area (Å²) in [5.74, 6) is -5.80. The topological polar surface area (TPSA) is 87.3 Å². The Morgan fingerprint density at radius 1 is 0.973 bits per heavy atom. The minimum absolute atomic E-state index is 0.0537. The number of nitrogens with one attached hydrogen (secondary N) is 3. The van der Waals surface area contributed by atoms with Crippen molar-refractivity contribution in [3.05, 3.63) is 52.6 Å². The van der Waals surface area contributed by atoms with Gasteiger partial charge in [-0.2, -0.15) is 24.9 Å². The standard InChI is InChI=1S/C22H19Cl3F5N3O3S/c1-21(24,25)9-16(34)31-11-2-3-13(23)12(8-11)20(36)32-15-5-4-14(26)19(18(15)27)33-17(35)10-37-7-6-22(28,29)30/h2-5,8H,6-7,9-10H2,1H3,(H,31,34)(H,32,36)(H,33,35). The average molecular weight is 607 g/mol. The Hall–Kier alpha value is -2.28. The van der Waals surface area contributed by atoms with E-state index in [4.69, 9.17) is 34.8 Å². The zero-order chi connectivity index (χ0) is 28.0. The normalized spacial score (nSPS) is 11.7. The summed E-state index contributed by atoms with van der Waals surface area (Å²) < 4.78 is 64.3. The Morgan fingerprint density at radius 2 is 1.65 bits per heavy atom. The Bertz CT molecular complexity index is 1180. The molecule has 0 heterocycles. The quantitative estimate of drug-likeness (QED) is 0.154. The highest BCUT2D eigenvalue weighted by molar-refractivity contribution is 7.99. The van der Waals surface area contributed by atoms with E-state index in [1.165, 1.54) is 25.1 Å². The van der Waals surface area contributed by atoms with E-state index in [1.807, 2.05) is 5.32 Å². The molecule has 0 aliphatic heterocycles. The van der Waals surface area contributed by atoms with E-state index in [2.05, 4.69) is 10.6 Å². The van der Waals surface area contributed by atoms with Gasteiger partial charge < -0.3 is 16.0 Å². The number of halogens is 8. The summed E-state index contributed by atoms with van der Waals surface area (Å²) in [6.07, 6.45) is -5.77. The van der Waals surface area contributed by atoms with Crippen molar-refractivity contribution in [2.75, 3.05) is 27.5 Å². The maximum absolute atomic E-state index is 14.9. The number of hydrogen-bond acceptors (Lipinski definition) is 4. The highest BCUT2D eigenvalue weighted by Gasteiger charge is 2.26. The van der Waals surface area contributed by atoms with E-state index in [9.17, 15) is 36.3 Å². The summed E-state index contributed by atoms with van der Waals surface area (Å²) in [5, 5.41) is 6.57. The Balaban J connectivity index is 2.12. The van der Waals surface area contributed by atoms with Crippen LogP contribution in [-0.4, -0.2) is 39.7 Å². The van der Waals surface area contributed by atoms with Crippen LogP contribution < -0.4 is 16.0 Å². The fourth-order valence-electron chi connectivity index (χ4n) is 2.75. The molecule has 2 rings (SSSR count). The highest BCUT2D eigenvalue weighted by atomic mass is 35.5. The first-order valence-corrected chi connectivity index (χ1v) is 12.6. The lowest BCUT2D eigenvalue weighted by Crippen LogP contribution is -2.21. The number of carbonyl (C=O) groups is 3. The number of benzene rings is 2. The van der Waals surface area contributed by atoms with Crippen LogP contribution >= 0.6 is 46.6 Å². The molecule has 0 saturated heterocycles. The van der Waals surface area contributed by atoms with E-state index < -0.39 is 69.2 Å². The molecule has 0 unspecified atom stereocenters. The first kappa shape index (κ1) is 30.9. The van der Waals surface area contributed by atoms with Crippen LogP contribution in [0.1, 0.15) is 30.1 Å². The molecule has 2 aromatic rings. The highest BCUT2D eigenvalue weighted by Crippen LogP contribution is 2.29. The van der Waals surface area contributed by atoms with Crippen LogP contribution in [0.2, 0.25) is 5.02 Å². The maximum Gasteiger partial charge on any atom is 0.389 e. The molecule has 37 heavy (non-hydrogen) atoms. The molecular formula is C22H19Cl3F5N3O3S. The number of hydrogen-bond donors (Lipinski definition) is 3. The lowest BCUT2D eigenvalue weighted by atomic mass is 10.1. The molecule has 0 saturated carbocycles. The molecule has 0 fully saturated rings. The second kappa shape index (κ2) is 13.0. The van der Waals surface area contributed by atoms with Crippen LogP contribution in [0.5, 0.6) is 0 Å². The Morgan fingerprint density at radius 3 is 2.27 bits per heavy atom. The molecule has 0 aromatic heterocycles. The minimum Gasteiger partial charge on any atom is -0.326 e. The summed E-state index contributed by atoms with van der Waals surface area (Å²) >= 11 is 18.3. The van der Waals surface area contributed by atoms with Crippen LogP contribution in [-0.2, 0) is 9.59 Å². The predicted octanol–water partition coefficient (Wildman–Crippen LogP) is 7.02. The molecule has 0 aliphatic carbocycles. The number of amides is 3. The second-order valence-corrected chi connectivity index (χ2v) is 11.1. The first-order valence-electron chi connectivity index (χ1n) is 10.3. The van der Waals surface area contributed by atoms with Gasteiger partial charge in [-0.25, -0.2) is 8.78 Å². The van der Waals surface area contributed by atoms with Gasteiger partial charge in [0, 0.05) is 11.4 Å². The molecule has 3 amide bonds. The van der Waals surface area contributed by atoms with Gasteiger partial charge in [-0.3, -0.25) is 14.4 Å². The third-order valence-electron chi connectivity index (χ3n) is 4.33. The molecule has 15 heteroatoms. The van der Waals surface area contributed by atoms with Crippen molar-refractivity contribution in [1.29, 1.82) is 0 Å². The molecule has 6 nitrogen and oxygen atoms in total. The summed E-state index contributed by atoms with van der Waals surface area (Å²) in [4.78, 5) is 36.7. The third kappa shape index (κ3) is 10.5. The maximum atomic E-state index is 14.9. The summed E-state index contributed by atoms with van der Waals surface area (Å²) in [7, 11) is 0. The number of thioether (sulfide) groups is 1. The molecule has 0 bridgehead atoms. The number of anilines is 3. The fraction of sp³-hybridized carbons (Fsp3) is 0.318. The summed E-state index contributed by atoms with van der Waals surface area (Å²) in [6.45, 7) is 1.41. The van der Waals surface area contributed by atoms with Gasteiger partial charge in [0.2, 0.25) is 11.8 Å². The van der Waals surface area contributed by atoms with E-state index in [0.717, 1.165) is 12.1 Å². The van der Waals surface area contributed by atoms with Crippen molar-refractivity contribution < 1.29 is 36.3 Å². The van der Waals surface area contributed by atoms with Crippen molar-refractivity contribution in [2.45, 2.75) is 30.3 Å². The van der Waals surface area contributed by atoms with Gasteiger partial charge in [-0.1, -0.05) is 11.6 Å². The van der Waals surface area contributed by atoms with Crippen molar-refractivity contribution >= 4 is 81.3 Å². The van der Waals surface area contributed by atoms with Crippen molar-refractivity contribution in [2.24, 2.45) is 0 Å². The van der Waals surface area contributed by atoms with Crippen LogP contribution in [0, 0.1) is 11.6 Å². The number of rotatable bonds is 10. The summed E-state index contributed by atoms with van der Waals surface area (Å²) in [5.41, 5.74) is -1.42. The van der Waals surface area contributed by atoms with Crippen LogP contribution in [0.4, 0.5) is 39.0 Å². The monoisotopic (exact) mass is 605 g/mol. The Kier molecular flexibility index (Phi) is 10.9. The zero-order valence-electron chi connectivity index (χ0n) is 18.9. The van der Waals surface area contributed by atoms with Crippen LogP contribution in [0.3, 0.4) is 0 Å². The lowest BCUT2D eigenvalue weighted by Gasteiger charge is -2.14. The van der Waals surface area contributed by atoms with E-state index in [1.54, 1.807) is 0 Å². The molecule has 3 N–H and O–H groups in total. The second-order valence-electron chi connectivity index (χ2n) is 7.69. The molecule has 2 aromatic carbocycles. The molecule has 0 spiro atoms. The lowest BCUT2D eigenvalue weighted by molar-refractivity contribution is -0.129. The average Bonchev–Trinajstić information content (AvgIpc) is 2.75. The molecule has 0 radical (unpaired) electrons. The third-order valence-corrected chi connectivity index (χ3v) is 5.89. The van der Waals surface area contributed by atoms with Gasteiger partial charge in [-0.15, -0.1) is 23.2 Å². The minimum atomic E-state index is -4.39. The van der Waals surface area contributed by atoms with Crippen LogP contribution in [0.15, 0.2) is 30.3 Å². The first-order chi connectivity index (χ1) is 17.1. The molecule has 202 valence electrons. The summed E-state index contributed by atoms with van der Waals surface area (Å²) in [6, 6.07) is 5.58. The van der Waals surface area contributed by atoms with Gasteiger partial charge >= 0.3 is 6.18 Å². The van der Waals surface area contributed by atoms with E-state index in [-0.39, 0.29) is 22.7 Å². The number of carbonyl (C=O) groups excluding carboxylic acids is 3. The largest absolute Gasteiger partial charge is 0.389 e. The van der Waals surface area contributed by atoms with Gasteiger partial charge in [0.1, 0.15) is 15.8 Å². The van der Waals surface area contributed by atoms with Crippen LogP contribution in [0.25, 0.3) is 0 Å². The van der Waals surface area contributed by atoms with Crippen molar-refractivity contribution in [3.63, 3.8) is 0 Å². The molecule has 0 aliphatic rings. The van der Waals surface area contributed by atoms with Crippen molar-refractivity contribution in [3.8, 4) is 0 Å². The van der Waals surface area contributed by atoms with Gasteiger partial charge in [-0.05, 0) is 37.3 Å². The zero-order valence-corrected chi connectivity index (χ0v) is 22.0. The molecular weight excluding hydrogens is 588 g/mol. The van der Waals surface area contributed by atoms with Gasteiger partial charge in [0.25, 0.3) is 5.91 Å². The van der Waals surface area contributed by atoms with Gasteiger partial charge in [0.05, 0.1) is 34.9 Å². The predicted molar refractivity (Wildman–Crippen MR) is 136 cm³/mol. The van der Waals surface area contributed by atoms with Crippen molar-refractivity contribution in [1.82, 2.24) is 0 Å². The Labute approximate surface area is 227 Å². The SMILES string of the molecule is CC(Cl)(Cl)CC(=O)Nc1ccc(Cl)c(C(=O)Nc2ccc(F)c(NC(=O)CSCCC(F)(F)F)c2F)c1. The fourth-order valence-corrected chi connectivity index (χ4v) is 3.97. The smallest absolute Gasteiger partial charge is 0.326 e. The molecule has 0 atom stereocenters. The number of alkyl halides is 5.